The maximum atomic E-state index is 4.88. The normalized spacial score (nSPS) is 10.1. The lowest BCUT2D eigenvalue weighted by atomic mass is 10.3. The summed E-state index contributed by atoms with van der Waals surface area (Å²) in [5.41, 5.74) is 0. The molecule has 0 spiro atoms. The number of hydrogen-bond donors (Lipinski definition) is 1. The van der Waals surface area contributed by atoms with Crippen LogP contribution in [0.25, 0.3) is 0 Å². The summed E-state index contributed by atoms with van der Waals surface area (Å²) in [6, 6.07) is 0. The number of nitrogens with zero attached hydrogens (tertiary/aromatic N) is 1. The summed E-state index contributed by atoms with van der Waals surface area (Å²) < 4.78 is 0.783. The third kappa shape index (κ3) is 2.19. The average Bonchev–Trinajstić information content (AvgIpc) is 2.31. The quantitative estimate of drug-likeness (QED) is 0.713. The van der Waals surface area contributed by atoms with Crippen LogP contribution in [0.1, 0.15) is 24.8 Å². The van der Waals surface area contributed by atoms with Gasteiger partial charge >= 0.3 is 0 Å². The van der Waals surface area contributed by atoms with Crippen LogP contribution in [0, 0.1) is 3.95 Å². The number of rotatable bonds is 3. The first-order valence-corrected chi connectivity index (χ1v) is 4.59. The van der Waals surface area contributed by atoms with Crippen molar-refractivity contribution >= 4 is 23.6 Å². The fourth-order valence-corrected chi connectivity index (χ4v) is 1.67. The zero-order valence-electron chi connectivity index (χ0n) is 5.89. The van der Waals surface area contributed by atoms with Crippen LogP contribution in [0.3, 0.4) is 0 Å². The Morgan fingerprint density at radius 1 is 1.70 bits per heavy atom. The molecule has 0 aromatic carbocycles. The molecule has 0 aliphatic heterocycles. The summed E-state index contributed by atoms with van der Waals surface area (Å²) >= 11 is 6.46. The third-order valence-electron chi connectivity index (χ3n) is 1.23. The molecule has 0 atom stereocenters. The topological polar surface area (TPSA) is 28.7 Å². The SMILES string of the molecule is CCCCc1n[nH]c(=S)s1. The van der Waals surface area contributed by atoms with Gasteiger partial charge in [-0.15, -0.1) is 0 Å². The molecule has 0 amide bonds. The van der Waals surface area contributed by atoms with E-state index < -0.39 is 0 Å². The highest BCUT2D eigenvalue weighted by molar-refractivity contribution is 7.73. The van der Waals surface area contributed by atoms with E-state index in [2.05, 4.69) is 17.1 Å². The van der Waals surface area contributed by atoms with Gasteiger partial charge in [-0.2, -0.15) is 5.10 Å². The molecule has 10 heavy (non-hydrogen) atoms. The molecule has 0 aliphatic carbocycles. The van der Waals surface area contributed by atoms with Gasteiger partial charge in [-0.1, -0.05) is 24.7 Å². The first kappa shape index (κ1) is 7.88. The van der Waals surface area contributed by atoms with Crippen molar-refractivity contribution in [3.63, 3.8) is 0 Å². The lowest BCUT2D eigenvalue weighted by Crippen LogP contribution is -1.81. The van der Waals surface area contributed by atoms with Gasteiger partial charge in [-0.05, 0) is 18.6 Å². The molecule has 2 nitrogen and oxygen atoms in total. The summed E-state index contributed by atoms with van der Waals surface area (Å²) in [6.45, 7) is 2.17. The van der Waals surface area contributed by atoms with Crippen molar-refractivity contribution in [2.24, 2.45) is 0 Å². The lowest BCUT2D eigenvalue weighted by molar-refractivity contribution is 0.779. The van der Waals surface area contributed by atoms with Crippen LogP contribution in [0.4, 0.5) is 0 Å². The zero-order valence-corrected chi connectivity index (χ0v) is 7.52. The Morgan fingerprint density at radius 3 is 3.00 bits per heavy atom. The van der Waals surface area contributed by atoms with Gasteiger partial charge in [0.05, 0.1) is 0 Å². The lowest BCUT2D eigenvalue weighted by Gasteiger charge is -1.88. The van der Waals surface area contributed by atoms with Gasteiger partial charge in [0.2, 0.25) is 0 Å². The monoisotopic (exact) mass is 174 g/mol. The molecule has 0 unspecified atom stereocenters. The molecular weight excluding hydrogens is 164 g/mol. The second-order valence-electron chi connectivity index (χ2n) is 2.11. The predicted molar refractivity (Wildman–Crippen MR) is 45.9 cm³/mol. The van der Waals surface area contributed by atoms with E-state index in [0.29, 0.717) is 0 Å². The van der Waals surface area contributed by atoms with E-state index in [1.165, 1.54) is 12.8 Å². The number of H-pyrrole nitrogens is 1. The van der Waals surface area contributed by atoms with E-state index in [-0.39, 0.29) is 0 Å². The minimum atomic E-state index is 0.783. The highest BCUT2D eigenvalue weighted by Gasteiger charge is 1.94. The minimum absolute atomic E-state index is 0.783. The fourth-order valence-electron chi connectivity index (χ4n) is 0.696. The van der Waals surface area contributed by atoms with Crippen LogP contribution >= 0.6 is 23.6 Å². The third-order valence-corrected chi connectivity index (χ3v) is 2.38. The van der Waals surface area contributed by atoms with Gasteiger partial charge < -0.3 is 0 Å². The van der Waals surface area contributed by atoms with E-state index in [9.17, 15) is 0 Å². The summed E-state index contributed by atoms with van der Waals surface area (Å²) in [7, 11) is 0. The van der Waals surface area contributed by atoms with Gasteiger partial charge in [-0.25, -0.2) is 0 Å². The van der Waals surface area contributed by atoms with Gasteiger partial charge in [0.1, 0.15) is 5.01 Å². The number of aromatic nitrogens is 2. The van der Waals surface area contributed by atoms with E-state index in [1.54, 1.807) is 11.3 Å². The van der Waals surface area contributed by atoms with Crippen molar-refractivity contribution in [1.82, 2.24) is 10.2 Å². The van der Waals surface area contributed by atoms with E-state index >= 15 is 0 Å². The van der Waals surface area contributed by atoms with Crippen molar-refractivity contribution < 1.29 is 0 Å². The Labute approximate surface area is 69.3 Å². The van der Waals surface area contributed by atoms with Crippen LogP contribution in [0.2, 0.25) is 0 Å². The van der Waals surface area contributed by atoms with Crippen molar-refractivity contribution in [2.45, 2.75) is 26.2 Å². The first-order valence-electron chi connectivity index (χ1n) is 3.37. The van der Waals surface area contributed by atoms with E-state index in [0.717, 1.165) is 15.4 Å². The van der Waals surface area contributed by atoms with Crippen LogP contribution in [0.5, 0.6) is 0 Å². The van der Waals surface area contributed by atoms with E-state index in [1.807, 2.05) is 0 Å². The van der Waals surface area contributed by atoms with Crippen molar-refractivity contribution in [1.29, 1.82) is 0 Å². The van der Waals surface area contributed by atoms with Crippen LogP contribution < -0.4 is 0 Å². The predicted octanol–water partition coefficient (Wildman–Crippen LogP) is 2.54. The largest absolute Gasteiger partial charge is 0.258 e. The molecule has 1 rings (SSSR count). The minimum Gasteiger partial charge on any atom is -0.258 e. The molecule has 0 radical (unpaired) electrons. The number of aromatic amines is 1. The molecule has 0 aliphatic rings. The molecule has 4 heteroatoms. The number of hydrogen-bond acceptors (Lipinski definition) is 3. The maximum Gasteiger partial charge on any atom is 0.176 e. The number of nitrogens with one attached hydrogen (secondary N) is 1. The number of unbranched alkanes of at least 4 members (excludes halogenated alkanes) is 1. The van der Waals surface area contributed by atoms with Gasteiger partial charge in [0, 0.05) is 6.42 Å². The van der Waals surface area contributed by atoms with Crippen molar-refractivity contribution in [3.8, 4) is 0 Å². The summed E-state index contributed by atoms with van der Waals surface area (Å²) in [6.07, 6.45) is 3.48. The van der Waals surface area contributed by atoms with Crippen molar-refractivity contribution in [2.75, 3.05) is 0 Å². The Morgan fingerprint density at radius 2 is 2.50 bits per heavy atom. The van der Waals surface area contributed by atoms with Gasteiger partial charge in [-0.3, -0.25) is 5.10 Å². The second-order valence-corrected chi connectivity index (χ2v) is 3.86. The molecule has 0 fully saturated rings. The fraction of sp³-hybridized carbons (Fsp3) is 0.667. The van der Waals surface area contributed by atoms with E-state index in [4.69, 9.17) is 12.2 Å². The summed E-state index contributed by atoms with van der Waals surface area (Å²) in [5, 5.41) is 7.93. The summed E-state index contributed by atoms with van der Waals surface area (Å²) in [5.74, 6) is 0. The Balaban J connectivity index is 2.50. The standard InChI is InChI=1S/C6H10N2S2/c1-2-3-4-5-7-8-6(9)10-5/h2-4H2,1H3,(H,8,9). The summed E-state index contributed by atoms with van der Waals surface area (Å²) in [4.78, 5) is 0. The molecule has 0 saturated carbocycles. The van der Waals surface area contributed by atoms with Crippen LogP contribution in [-0.4, -0.2) is 10.2 Å². The highest BCUT2D eigenvalue weighted by Crippen LogP contribution is 2.07. The van der Waals surface area contributed by atoms with Crippen LogP contribution in [0.15, 0.2) is 0 Å². The van der Waals surface area contributed by atoms with Crippen molar-refractivity contribution in [3.05, 3.63) is 8.96 Å². The average molecular weight is 174 g/mol. The molecule has 1 N–H and O–H groups in total. The number of aryl methyl sites for hydroxylation is 1. The Hall–Kier alpha value is -0.220. The molecule has 1 aromatic heterocycles. The molecule has 1 heterocycles. The molecule has 56 valence electrons. The smallest absolute Gasteiger partial charge is 0.176 e. The maximum absolute atomic E-state index is 4.88. The zero-order chi connectivity index (χ0) is 7.40. The second kappa shape index (κ2) is 3.83. The molecule has 1 aromatic rings. The highest BCUT2D eigenvalue weighted by atomic mass is 32.1. The van der Waals surface area contributed by atoms with Gasteiger partial charge in [0.25, 0.3) is 0 Å². The Kier molecular flexibility index (Phi) is 3.02. The van der Waals surface area contributed by atoms with Crippen LogP contribution in [-0.2, 0) is 6.42 Å². The molecule has 0 saturated heterocycles. The van der Waals surface area contributed by atoms with Gasteiger partial charge in [0.15, 0.2) is 3.95 Å². The molecular formula is C6H10N2S2. The first-order chi connectivity index (χ1) is 4.83. The Bertz CT molecular complexity index is 238. The molecule has 0 bridgehead atoms.